The van der Waals surface area contributed by atoms with Gasteiger partial charge in [0.05, 0.1) is 0 Å². The molecule has 1 unspecified atom stereocenters. The summed E-state index contributed by atoms with van der Waals surface area (Å²) in [5.74, 6) is 0. The average molecular weight is 121 g/mol. The quantitative estimate of drug-likeness (QED) is 0.526. The van der Waals surface area contributed by atoms with Gasteiger partial charge in [-0.2, -0.15) is 0 Å². The van der Waals surface area contributed by atoms with Crippen LogP contribution in [-0.2, 0) is 4.57 Å². The van der Waals surface area contributed by atoms with Gasteiger partial charge in [0.25, 0.3) is 0 Å². The van der Waals surface area contributed by atoms with Crippen molar-refractivity contribution in [2.45, 2.75) is 19.9 Å². The van der Waals surface area contributed by atoms with Gasteiger partial charge in [0.2, 0.25) is 0 Å². The van der Waals surface area contributed by atoms with Crippen LogP contribution in [0.5, 0.6) is 0 Å². The van der Waals surface area contributed by atoms with Gasteiger partial charge in [-0.15, -0.1) is 5.50 Å². The molecule has 0 rings (SSSR count). The normalized spacial score (nSPS) is 12.3. The number of hydrogen-bond acceptors (Lipinski definition) is 1. The highest BCUT2D eigenvalue weighted by molar-refractivity contribution is 7.39. The Bertz CT molecular complexity index is 73.3. The number of hydrogen-bond donors (Lipinski definition) is 2. The van der Waals surface area contributed by atoms with Crippen LogP contribution in [-0.4, -0.2) is 6.04 Å². The molecule has 0 aliphatic rings. The Morgan fingerprint density at radius 2 is 2.14 bits per heavy atom. The summed E-state index contributed by atoms with van der Waals surface area (Å²) in [4.78, 5) is 0. The molecule has 0 spiro atoms. The molecule has 7 heavy (non-hydrogen) atoms. The SMILES string of the molecule is CC(C)N[P+](N)=O. The molecule has 0 aromatic heterocycles. The Balaban J connectivity index is 3.13. The maximum absolute atomic E-state index is 10.1. The van der Waals surface area contributed by atoms with E-state index in [4.69, 9.17) is 5.50 Å². The van der Waals surface area contributed by atoms with Gasteiger partial charge in [0, 0.05) is 6.04 Å². The standard InChI is InChI=1S/C3H10N2OP/c1-3(2)5-7(4)6/h3H,1-2H3,(H3,4,5,6)/q+1. The summed E-state index contributed by atoms with van der Waals surface area (Å²) in [6, 6.07) is 0.216. The van der Waals surface area contributed by atoms with Crippen molar-refractivity contribution in [3.05, 3.63) is 0 Å². The van der Waals surface area contributed by atoms with Gasteiger partial charge in [-0.25, -0.2) is 0 Å². The van der Waals surface area contributed by atoms with Crippen LogP contribution in [0.15, 0.2) is 0 Å². The molecule has 0 aromatic rings. The first-order valence-electron chi connectivity index (χ1n) is 2.11. The van der Waals surface area contributed by atoms with Crippen LogP contribution in [0.4, 0.5) is 0 Å². The van der Waals surface area contributed by atoms with E-state index in [0.717, 1.165) is 0 Å². The van der Waals surface area contributed by atoms with Crippen molar-refractivity contribution in [3.8, 4) is 0 Å². The predicted octanol–water partition coefficient (Wildman–Crippen LogP) is 0.601. The fourth-order valence-corrected chi connectivity index (χ4v) is 0.763. The van der Waals surface area contributed by atoms with Gasteiger partial charge >= 0.3 is 8.10 Å². The average Bonchev–Trinajstić information content (AvgIpc) is 1.27. The van der Waals surface area contributed by atoms with Crippen LogP contribution in [0, 0.1) is 0 Å². The third-order valence-corrected chi connectivity index (χ3v) is 1.16. The molecule has 0 radical (unpaired) electrons. The van der Waals surface area contributed by atoms with Crippen molar-refractivity contribution in [3.63, 3.8) is 0 Å². The lowest BCUT2D eigenvalue weighted by atomic mass is 10.4. The van der Waals surface area contributed by atoms with Crippen LogP contribution in [0.2, 0.25) is 0 Å². The molecular formula is C3H10N2OP+. The molecular weight excluding hydrogens is 111 g/mol. The van der Waals surface area contributed by atoms with E-state index >= 15 is 0 Å². The second kappa shape index (κ2) is 3.08. The largest absolute Gasteiger partial charge is 0.529 e. The van der Waals surface area contributed by atoms with Crippen molar-refractivity contribution >= 4 is 8.10 Å². The topological polar surface area (TPSA) is 55.1 Å². The van der Waals surface area contributed by atoms with Gasteiger partial charge in [-0.05, 0) is 18.4 Å². The first kappa shape index (κ1) is 7.02. The summed E-state index contributed by atoms with van der Waals surface area (Å²) >= 11 is 0. The lowest BCUT2D eigenvalue weighted by molar-refractivity contribution is 0.572. The highest BCUT2D eigenvalue weighted by Crippen LogP contribution is 1.99. The molecule has 0 aliphatic carbocycles. The highest BCUT2D eigenvalue weighted by atomic mass is 31.1. The monoisotopic (exact) mass is 121 g/mol. The second-order valence-corrected chi connectivity index (χ2v) is 2.52. The molecule has 3 N–H and O–H groups in total. The van der Waals surface area contributed by atoms with Crippen molar-refractivity contribution in [2.24, 2.45) is 5.50 Å². The number of nitrogens with one attached hydrogen (secondary N) is 1. The third kappa shape index (κ3) is 6.02. The molecule has 0 heterocycles. The summed E-state index contributed by atoms with van der Waals surface area (Å²) in [5.41, 5.74) is 4.89. The summed E-state index contributed by atoms with van der Waals surface area (Å²) in [6.45, 7) is 3.78. The summed E-state index contributed by atoms with van der Waals surface area (Å²) in [7, 11) is -1.64. The van der Waals surface area contributed by atoms with E-state index in [-0.39, 0.29) is 6.04 Å². The van der Waals surface area contributed by atoms with Crippen molar-refractivity contribution in [1.29, 1.82) is 0 Å². The predicted molar refractivity (Wildman–Crippen MR) is 30.1 cm³/mol. The lowest BCUT2D eigenvalue weighted by Gasteiger charge is -1.89. The first-order valence-corrected chi connectivity index (χ1v) is 3.44. The van der Waals surface area contributed by atoms with Crippen LogP contribution in [0.25, 0.3) is 0 Å². The Morgan fingerprint density at radius 1 is 1.71 bits per heavy atom. The molecule has 0 fully saturated rings. The molecule has 0 aliphatic heterocycles. The Morgan fingerprint density at radius 3 is 2.14 bits per heavy atom. The summed E-state index contributed by atoms with van der Waals surface area (Å²) in [5, 5.41) is 2.59. The van der Waals surface area contributed by atoms with E-state index in [9.17, 15) is 4.57 Å². The lowest BCUT2D eigenvalue weighted by Crippen LogP contribution is -2.16. The molecule has 0 bridgehead atoms. The molecule has 4 heteroatoms. The molecule has 0 saturated heterocycles. The van der Waals surface area contributed by atoms with E-state index in [1.165, 1.54) is 0 Å². The van der Waals surface area contributed by atoms with E-state index in [1.807, 2.05) is 13.8 Å². The summed E-state index contributed by atoms with van der Waals surface area (Å²) < 4.78 is 10.1. The van der Waals surface area contributed by atoms with Gasteiger partial charge < -0.3 is 0 Å². The smallest absolute Gasteiger partial charge is 0.104 e. The third-order valence-electron chi connectivity index (χ3n) is 0.385. The van der Waals surface area contributed by atoms with Crippen LogP contribution >= 0.6 is 8.10 Å². The van der Waals surface area contributed by atoms with Gasteiger partial charge in [0.15, 0.2) is 0 Å². The number of rotatable bonds is 2. The van der Waals surface area contributed by atoms with Crippen LogP contribution < -0.4 is 10.6 Å². The molecule has 3 nitrogen and oxygen atoms in total. The van der Waals surface area contributed by atoms with Crippen LogP contribution in [0.3, 0.4) is 0 Å². The Labute approximate surface area is 44.2 Å². The highest BCUT2D eigenvalue weighted by Gasteiger charge is 2.06. The molecule has 0 saturated carbocycles. The zero-order valence-electron chi connectivity index (χ0n) is 4.51. The summed E-state index contributed by atoms with van der Waals surface area (Å²) in [6.07, 6.45) is 0. The zero-order valence-corrected chi connectivity index (χ0v) is 5.40. The molecule has 0 aromatic carbocycles. The number of nitrogens with two attached hydrogens (primary N) is 1. The molecule has 0 amide bonds. The van der Waals surface area contributed by atoms with Gasteiger partial charge in [-0.1, -0.05) is 5.09 Å². The Kier molecular flexibility index (Phi) is 3.09. The van der Waals surface area contributed by atoms with E-state index < -0.39 is 8.10 Å². The second-order valence-electron chi connectivity index (χ2n) is 1.61. The van der Waals surface area contributed by atoms with Crippen LogP contribution in [0.1, 0.15) is 13.8 Å². The van der Waals surface area contributed by atoms with E-state index in [1.54, 1.807) is 0 Å². The molecule has 42 valence electrons. The van der Waals surface area contributed by atoms with Crippen molar-refractivity contribution < 1.29 is 4.57 Å². The fourth-order valence-electron chi connectivity index (χ4n) is 0.254. The van der Waals surface area contributed by atoms with E-state index in [0.29, 0.717) is 0 Å². The Hall–Kier alpha value is 0.0200. The van der Waals surface area contributed by atoms with E-state index in [2.05, 4.69) is 5.09 Å². The van der Waals surface area contributed by atoms with Gasteiger partial charge in [0.1, 0.15) is 0 Å². The van der Waals surface area contributed by atoms with Gasteiger partial charge in [-0.3, -0.25) is 0 Å². The fraction of sp³-hybridized carbons (Fsp3) is 1.00. The minimum Gasteiger partial charge on any atom is -0.104 e. The maximum atomic E-state index is 10.1. The first-order chi connectivity index (χ1) is 3.13. The minimum absolute atomic E-state index is 0.216. The molecule has 1 atom stereocenters. The van der Waals surface area contributed by atoms with Crippen molar-refractivity contribution in [1.82, 2.24) is 5.09 Å². The maximum Gasteiger partial charge on any atom is 0.529 e. The van der Waals surface area contributed by atoms with Crippen molar-refractivity contribution in [2.75, 3.05) is 0 Å². The zero-order chi connectivity index (χ0) is 5.86. The minimum atomic E-state index is -1.64.